The Morgan fingerprint density at radius 1 is 1.44 bits per heavy atom. The normalized spacial score (nSPS) is 9.56. The number of hydrogen-bond donors (Lipinski definition) is 1. The van der Waals surface area contributed by atoms with Crippen LogP contribution >= 0.6 is 11.3 Å². The average molecular weight is 254 g/mol. The highest BCUT2D eigenvalue weighted by Gasteiger charge is 2.01. The Balaban J connectivity index is 0.000000386. The third-order valence-electron chi connectivity index (χ3n) is 2.08. The first-order chi connectivity index (χ1) is 7.81. The van der Waals surface area contributed by atoms with Gasteiger partial charge in [0.1, 0.15) is 0 Å². The molecule has 2 rings (SSSR count). The molecule has 0 saturated heterocycles. The van der Waals surface area contributed by atoms with E-state index >= 15 is 0 Å². The molecule has 2 aromatic rings. The fourth-order valence-electron chi connectivity index (χ4n) is 1.35. The van der Waals surface area contributed by atoms with Crippen LogP contribution in [0.2, 0.25) is 0 Å². The molecule has 1 aromatic carbocycles. The monoisotopic (exact) mass is 254 g/mol. The van der Waals surface area contributed by atoms with Gasteiger partial charge in [0, 0.05) is 0 Å². The van der Waals surface area contributed by atoms with Crippen molar-refractivity contribution in [2.45, 2.75) is 26.2 Å². The third-order valence-corrected chi connectivity index (χ3v) is 3.18. The summed E-state index contributed by atoms with van der Waals surface area (Å²) < 4.78 is 15.4. The van der Waals surface area contributed by atoms with Crippen molar-refractivity contribution >= 4 is 33.0 Å². The van der Waals surface area contributed by atoms with Gasteiger partial charge in [-0.15, -0.1) is 11.3 Å². The summed E-state index contributed by atoms with van der Waals surface area (Å²) in [5.74, 6) is 0. The molecular weight excluding hydrogens is 240 g/mol. The summed E-state index contributed by atoms with van der Waals surface area (Å²) in [6.07, 6.45) is 3.63. The van der Waals surface area contributed by atoms with Crippen LogP contribution in [0.1, 0.15) is 24.8 Å². The quantitative estimate of drug-likeness (QED) is 0.909. The predicted molar refractivity (Wildman–Crippen MR) is 69.1 cm³/mol. The summed E-state index contributed by atoms with van der Waals surface area (Å²) in [7, 11) is 0. The van der Waals surface area contributed by atoms with Crippen molar-refractivity contribution in [3.8, 4) is 0 Å². The number of aromatic nitrogens is 1. The molecule has 1 heterocycles. The lowest BCUT2D eigenvalue weighted by Crippen LogP contribution is -1.80. The predicted octanol–water partition coefficient (Wildman–Crippen LogP) is 3.60. The SMILES string of the molecule is CCCCc1nc2ccccc2s1.N=S=O. The van der Waals surface area contributed by atoms with Crippen LogP contribution in [-0.4, -0.2) is 9.19 Å². The minimum atomic E-state index is -0.250. The minimum absolute atomic E-state index is 0.250. The van der Waals surface area contributed by atoms with Crippen molar-refractivity contribution in [1.82, 2.24) is 4.98 Å². The molecule has 1 aromatic heterocycles. The largest absolute Gasteiger partial charge is 0.241 e. The molecule has 3 nitrogen and oxygen atoms in total. The lowest BCUT2D eigenvalue weighted by molar-refractivity contribution is 0.697. The first kappa shape index (κ1) is 13.0. The Hall–Kier alpha value is -1.07. The number of hydrogen-bond acceptors (Lipinski definition) is 4. The van der Waals surface area contributed by atoms with Gasteiger partial charge in [-0.1, -0.05) is 25.5 Å². The summed E-state index contributed by atoms with van der Waals surface area (Å²) in [6, 6.07) is 8.35. The molecule has 0 aliphatic rings. The van der Waals surface area contributed by atoms with E-state index < -0.39 is 0 Å². The van der Waals surface area contributed by atoms with Crippen molar-refractivity contribution in [2.75, 3.05) is 0 Å². The van der Waals surface area contributed by atoms with Gasteiger partial charge in [0.15, 0.2) is 11.5 Å². The Morgan fingerprint density at radius 2 is 2.12 bits per heavy atom. The van der Waals surface area contributed by atoms with Crippen molar-refractivity contribution in [3.05, 3.63) is 29.3 Å². The molecular formula is C11H14N2OS2. The number of unbranched alkanes of at least 4 members (excludes halogenated alkanes) is 1. The molecule has 5 heteroatoms. The van der Waals surface area contributed by atoms with E-state index in [1.807, 2.05) is 17.4 Å². The number of aryl methyl sites for hydroxylation is 1. The maximum atomic E-state index is 8.51. The molecule has 16 heavy (non-hydrogen) atoms. The van der Waals surface area contributed by atoms with E-state index in [2.05, 4.69) is 30.1 Å². The third kappa shape index (κ3) is 3.83. The maximum Gasteiger partial charge on any atom is 0.196 e. The fourth-order valence-corrected chi connectivity index (χ4v) is 2.36. The summed E-state index contributed by atoms with van der Waals surface area (Å²) >= 11 is 1.58. The lowest BCUT2D eigenvalue weighted by atomic mass is 10.3. The highest BCUT2D eigenvalue weighted by Crippen LogP contribution is 2.22. The number of benzene rings is 1. The molecule has 0 saturated carbocycles. The van der Waals surface area contributed by atoms with Crippen molar-refractivity contribution in [2.24, 2.45) is 0 Å². The Kier molecular flexibility index (Phi) is 5.88. The second kappa shape index (κ2) is 7.24. The van der Waals surface area contributed by atoms with Crippen molar-refractivity contribution in [3.63, 3.8) is 0 Å². The van der Waals surface area contributed by atoms with E-state index in [4.69, 9.17) is 8.99 Å². The van der Waals surface area contributed by atoms with Gasteiger partial charge in [0.25, 0.3) is 0 Å². The van der Waals surface area contributed by atoms with Gasteiger partial charge in [-0.25, -0.2) is 9.76 Å². The first-order valence-electron chi connectivity index (χ1n) is 5.11. The van der Waals surface area contributed by atoms with Crippen LogP contribution in [0, 0.1) is 4.78 Å². The minimum Gasteiger partial charge on any atom is -0.241 e. The topological polar surface area (TPSA) is 53.8 Å². The molecule has 0 spiro atoms. The molecule has 0 bridgehead atoms. The van der Waals surface area contributed by atoms with Gasteiger partial charge in [-0.05, 0) is 25.0 Å². The molecule has 0 fully saturated rings. The molecule has 1 N–H and O–H groups in total. The second-order valence-electron chi connectivity index (χ2n) is 3.26. The molecule has 0 aliphatic carbocycles. The van der Waals surface area contributed by atoms with Crippen LogP contribution in [0.25, 0.3) is 10.2 Å². The summed E-state index contributed by atoms with van der Waals surface area (Å²) in [4.78, 5) is 4.57. The number of rotatable bonds is 3. The molecule has 0 atom stereocenters. The zero-order valence-corrected chi connectivity index (χ0v) is 10.7. The molecule has 0 aliphatic heterocycles. The van der Waals surface area contributed by atoms with Crippen LogP contribution < -0.4 is 0 Å². The van der Waals surface area contributed by atoms with Crippen LogP contribution in [-0.2, 0) is 17.9 Å². The number of nitrogens with one attached hydrogen (secondary N) is 1. The average Bonchev–Trinajstić information content (AvgIpc) is 2.70. The van der Waals surface area contributed by atoms with Gasteiger partial charge in [0.05, 0.1) is 15.2 Å². The zero-order valence-electron chi connectivity index (χ0n) is 9.10. The maximum absolute atomic E-state index is 8.51. The van der Waals surface area contributed by atoms with Gasteiger partial charge in [0.2, 0.25) is 0 Å². The van der Waals surface area contributed by atoms with E-state index in [0.717, 1.165) is 11.9 Å². The zero-order chi connectivity index (χ0) is 11.8. The van der Waals surface area contributed by atoms with Crippen LogP contribution in [0.4, 0.5) is 0 Å². The highest BCUT2D eigenvalue weighted by molar-refractivity contribution is 7.53. The first-order valence-corrected chi connectivity index (χ1v) is 6.67. The van der Waals surface area contributed by atoms with Crippen molar-refractivity contribution in [1.29, 1.82) is 4.78 Å². The van der Waals surface area contributed by atoms with Crippen LogP contribution in [0.3, 0.4) is 0 Å². The molecule has 0 unspecified atom stereocenters. The Bertz CT molecular complexity index is 443. The van der Waals surface area contributed by atoms with E-state index in [0.29, 0.717) is 0 Å². The van der Waals surface area contributed by atoms with E-state index in [9.17, 15) is 0 Å². The fraction of sp³-hybridized carbons (Fsp3) is 0.364. The number of fused-ring (bicyclic) bond motifs is 1. The highest BCUT2D eigenvalue weighted by atomic mass is 32.1. The van der Waals surface area contributed by atoms with Gasteiger partial charge >= 0.3 is 0 Å². The summed E-state index contributed by atoms with van der Waals surface area (Å²) in [5.41, 5.74) is 1.15. The van der Waals surface area contributed by atoms with E-state index in [-0.39, 0.29) is 11.5 Å². The summed E-state index contributed by atoms with van der Waals surface area (Å²) in [5, 5.41) is 1.28. The Labute approximate surface area is 103 Å². The smallest absolute Gasteiger partial charge is 0.196 e. The van der Waals surface area contributed by atoms with Gasteiger partial charge in [-0.3, -0.25) is 0 Å². The van der Waals surface area contributed by atoms with Crippen molar-refractivity contribution < 1.29 is 4.21 Å². The number of thiazole rings is 1. The lowest BCUT2D eigenvalue weighted by Gasteiger charge is -1.89. The summed E-state index contributed by atoms with van der Waals surface area (Å²) in [6.45, 7) is 2.22. The standard InChI is InChI=1S/C11H13NS.HNOS/c1-2-3-8-11-12-9-6-4-5-7-10(9)13-11;1-3-2/h4-7H,2-3,8H2,1H3;1H. The number of nitrogens with zero attached hydrogens (tertiary/aromatic N) is 1. The number of para-hydroxylation sites is 1. The Morgan fingerprint density at radius 3 is 2.75 bits per heavy atom. The van der Waals surface area contributed by atoms with Crippen LogP contribution in [0.15, 0.2) is 24.3 Å². The second-order valence-corrected chi connectivity index (χ2v) is 4.54. The van der Waals surface area contributed by atoms with E-state index in [1.165, 1.54) is 22.5 Å². The molecule has 86 valence electrons. The van der Waals surface area contributed by atoms with Gasteiger partial charge < -0.3 is 0 Å². The van der Waals surface area contributed by atoms with E-state index in [1.54, 1.807) is 0 Å². The van der Waals surface area contributed by atoms with Crippen LogP contribution in [0.5, 0.6) is 0 Å². The molecule has 0 radical (unpaired) electrons. The van der Waals surface area contributed by atoms with Gasteiger partial charge in [-0.2, -0.15) is 4.21 Å². The molecule has 0 amide bonds.